The number of aryl methyl sites for hydroxylation is 1. The third-order valence-corrected chi connectivity index (χ3v) is 2.83. The minimum atomic E-state index is -0.534. The quantitative estimate of drug-likeness (QED) is 0.785. The summed E-state index contributed by atoms with van der Waals surface area (Å²) in [7, 11) is 0. The Morgan fingerprint density at radius 3 is 2.65 bits per heavy atom. The van der Waals surface area contributed by atoms with Crippen molar-refractivity contribution in [2.45, 2.75) is 52.1 Å². The number of hydrogen-bond donors (Lipinski definition) is 0. The highest BCUT2D eigenvalue weighted by Crippen LogP contribution is 2.25. The molecule has 20 heavy (non-hydrogen) atoms. The molecule has 1 unspecified atom stereocenters. The molecule has 1 rings (SSSR count). The summed E-state index contributed by atoms with van der Waals surface area (Å²) < 4.78 is 18.5. The highest BCUT2D eigenvalue weighted by molar-refractivity contribution is 5.70. The molecule has 0 spiro atoms. The molecule has 0 saturated carbocycles. The van der Waals surface area contributed by atoms with Crippen LogP contribution in [0.5, 0.6) is 0 Å². The van der Waals surface area contributed by atoms with Crippen molar-refractivity contribution >= 4 is 5.97 Å². The minimum Gasteiger partial charge on any atom is -0.460 e. The Kier molecular flexibility index (Phi) is 5.26. The van der Waals surface area contributed by atoms with E-state index >= 15 is 0 Å². The van der Waals surface area contributed by atoms with Crippen molar-refractivity contribution < 1.29 is 13.9 Å². The van der Waals surface area contributed by atoms with Gasteiger partial charge < -0.3 is 4.74 Å². The number of halogens is 1. The summed E-state index contributed by atoms with van der Waals surface area (Å²) in [6, 6.07) is 6.49. The molecule has 0 heterocycles. The molecular formula is C16H20FNO2. The molecule has 0 saturated heterocycles. The zero-order chi connectivity index (χ0) is 15.3. The van der Waals surface area contributed by atoms with Crippen LogP contribution < -0.4 is 0 Å². The van der Waals surface area contributed by atoms with E-state index in [4.69, 9.17) is 4.74 Å². The molecule has 1 aromatic carbocycles. The maximum Gasteiger partial charge on any atom is 0.306 e. The smallest absolute Gasteiger partial charge is 0.306 e. The molecular weight excluding hydrogens is 257 g/mol. The van der Waals surface area contributed by atoms with E-state index in [1.165, 1.54) is 12.1 Å². The summed E-state index contributed by atoms with van der Waals surface area (Å²) in [5.74, 6) is -1.21. The lowest BCUT2D eigenvalue weighted by molar-refractivity contribution is -0.154. The molecule has 3 nitrogen and oxygen atoms in total. The first-order chi connectivity index (χ1) is 9.23. The normalized spacial score (nSPS) is 12.6. The number of carbonyl (C=O) groups excluding carboxylic acids is 1. The average Bonchev–Trinajstić information content (AvgIpc) is 2.32. The lowest BCUT2D eigenvalue weighted by atomic mass is 9.92. The van der Waals surface area contributed by atoms with Crippen molar-refractivity contribution in [3.8, 4) is 6.07 Å². The van der Waals surface area contributed by atoms with Crippen LogP contribution in [0.1, 0.15) is 50.7 Å². The fourth-order valence-electron chi connectivity index (χ4n) is 1.93. The summed E-state index contributed by atoms with van der Waals surface area (Å²) >= 11 is 0. The van der Waals surface area contributed by atoms with E-state index in [0.29, 0.717) is 12.0 Å². The van der Waals surface area contributed by atoms with Gasteiger partial charge in [-0.25, -0.2) is 4.39 Å². The van der Waals surface area contributed by atoms with Gasteiger partial charge in [-0.1, -0.05) is 6.07 Å². The van der Waals surface area contributed by atoms with E-state index in [-0.39, 0.29) is 18.2 Å². The van der Waals surface area contributed by atoms with Gasteiger partial charge in [0.1, 0.15) is 11.4 Å². The van der Waals surface area contributed by atoms with Crippen LogP contribution in [-0.4, -0.2) is 11.6 Å². The molecule has 1 atom stereocenters. The third kappa shape index (κ3) is 5.00. The molecule has 0 N–H and O–H groups in total. The number of hydrogen-bond acceptors (Lipinski definition) is 3. The van der Waals surface area contributed by atoms with Crippen LogP contribution in [0, 0.1) is 24.1 Å². The second-order valence-corrected chi connectivity index (χ2v) is 5.81. The lowest BCUT2D eigenvalue weighted by Crippen LogP contribution is -2.24. The number of nitriles is 1. The van der Waals surface area contributed by atoms with E-state index in [9.17, 15) is 14.4 Å². The molecule has 0 bridgehead atoms. The zero-order valence-electron chi connectivity index (χ0n) is 12.4. The first-order valence-electron chi connectivity index (χ1n) is 6.60. The van der Waals surface area contributed by atoms with Crippen molar-refractivity contribution in [3.05, 3.63) is 35.1 Å². The van der Waals surface area contributed by atoms with E-state index in [2.05, 4.69) is 6.07 Å². The Bertz CT molecular complexity index is 526. The molecule has 0 aliphatic heterocycles. The van der Waals surface area contributed by atoms with Crippen LogP contribution in [-0.2, 0) is 9.53 Å². The van der Waals surface area contributed by atoms with Gasteiger partial charge in [0.05, 0.1) is 12.0 Å². The van der Waals surface area contributed by atoms with Gasteiger partial charge in [-0.05, 0) is 57.4 Å². The predicted molar refractivity (Wildman–Crippen MR) is 74.6 cm³/mol. The maximum absolute atomic E-state index is 13.3. The topological polar surface area (TPSA) is 50.1 Å². The van der Waals surface area contributed by atoms with Gasteiger partial charge in [-0.2, -0.15) is 5.26 Å². The first kappa shape index (κ1) is 16.2. The van der Waals surface area contributed by atoms with Crippen molar-refractivity contribution in [2.75, 3.05) is 0 Å². The second kappa shape index (κ2) is 6.51. The largest absolute Gasteiger partial charge is 0.460 e. The van der Waals surface area contributed by atoms with E-state index in [1.54, 1.807) is 26.8 Å². The second-order valence-electron chi connectivity index (χ2n) is 5.81. The van der Waals surface area contributed by atoms with Crippen LogP contribution in [0.4, 0.5) is 4.39 Å². The molecule has 0 fully saturated rings. The molecule has 4 heteroatoms. The molecule has 0 aromatic heterocycles. The lowest BCUT2D eigenvalue weighted by Gasteiger charge is -2.20. The van der Waals surface area contributed by atoms with E-state index in [0.717, 1.165) is 5.56 Å². The summed E-state index contributed by atoms with van der Waals surface area (Å²) in [6.45, 7) is 7.21. The van der Waals surface area contributed by atoms with Gasteiger partial charge in [-0.15, -0.1) is 0 Å². The van der Waals surface area contributed by atoms with Crippen molar-refractivity contribution in [2.24, 2.45) is 0 Å². The number of esters is 1. The van der Waals surface area contributed by atoms with E-state index in [1.807, 2.05) is 6.92 Å². The van der Waals surface area contributed by atoms with Gasteiger partial charge in [0.25, 0.3) is 0 Å². The minimum absolute atomic E-state index is 0.144. The van der Waals surface area contributed by atoms with Crippen LogP contribution in [0.25, 0.3) is 0 Å². The van der Waals surface area contributed by atoms with Crippen LogP contribution in [0.15, 0.2) is 18.2 Å². The Hall–Kier alpha value is -1.89. The van der Waals surface area contributed by atoms with Crippen molar-refractivity contribution in [3.63, 3.8) is 0 Å². The predicted octanol–water partition coefficient (Wildman–Crippen LogP) is 3.86. The van der Waals surface area contributed by atoms with Crippen LogP contribution in [0.2, 0.25) is 0 Å². The standard InChI is InChI=1S/C16H20FNO2/c1-11-5-7-13(17)9-14(11)12(10-18)6-8-15(19)20-16(2,3)4/h5,7,9,12H,6,8H2,1-4H3. The summed E-state index contributed by atoms with van der Waals surface area (Å²) in [5, 5.41) is 9.22. The fraction of sp³-hybridized carbons (Fsp3) is 0.500. The Labute approximate surface area is 119 Å². The molecule has 0 amide bonds. The highest BCUT2D eigenvalue weighted by Gasteiger charge is 2.20. The average molecular weight is 277 g/mol. The SMILES string of the molecule is Cc1ccc(F)cc1C(C#N)CCC(=O)OC(C)(C)C. The molecule has 0 radical (unpaired) electrons. The first-order valence-corrected chi connectivity index (χ1v) is 6.60. The Balaban J connectivity index is 2.72. The van der Waals surface area contributed by atoms with Crippen LogP contribution >= 0.6 is 0 Å². The van der Waals surface area contributed by atoms with Crippen molar-refractivity contribution in [1.29, 1.82) is 5.26 Å². The fourth-order valence-corrected chi connectivity index (χ4v) is 1.93. The highest BCUT2D eigenvalue weighted by atomic mass is 19.1. The van der Waals surface area contributed by atoms with E-state index < -0.39 is 11.5 Å². The van der Waals surface area contributed by atoms with Gasteiger partial charge in [0.15, 0.2) is 0 Å². The summed E-state index contributed by atoms with van der Waals surface area (Å²) in [4.78, 5) is 11.7. The molecule has 108 valence electrons. The maximum atomic E-state index is 13.3. The van der Waals surface area contributed by atoms with Gasteiger partial charge in [0, 0.05) is 6.42 Å². The van der Waals surface area contributed by atoms with Crippen molar-refractivity contribution in [1.82, 2.24) is 0 Å². The Morgan fingerprint density at radius 2 is 2.10 bits per heavy atom. The number of carbonyl (C=O) groups is 1. The van der Waals surface area contributed by atoms with Gasteiger partial charge in [-0.3, -0.25) is 4.79 Å². The number of rotatable bonds is 4. The van der Waals surface area contributed by atoms with Gasteiger partial charge >= 0.3 is 5.97 Å². The third-order valence-electron chi connectivity index (χ3n) is 2.83. The molecule has 0 aliphatic rings. The summed E-state index contributed by atoms with van der Waals surface area (Å²) in [5.41, 5.74) is 0.951. The number of benzene rings is 1. The molecule has 0 aliphatic carbocycles. The monoisotopic (exact) mass is 277 g/mol. The zero-order valence-corrected chi connectivity index (χ0v) is 12.4. The number of ether oxygens (including phenoxy) is 1. The summed E-state index contributed by atoms with van der Waals surface area (Å²) in [6.07, 6.45) is 0.473. The van der Waals surface area contributed by atoms with Gasteiger partial charge in [0.2, 0.25) is 0 Å². The van der Waals surface area contributed by atoms with Crippen LogP contribution in [0.3, 0.4) is 0 Å². The Morgan fingerprint density at radius 1 is 1.45 bits per heavy atom. The molecule has 1 aromatic rings. The number of nitrogens with zero attached hydrogens (tertiary/aromatic N) is 1.